The van der Waals surface area contributed by atoms with Crippen molar-refractivity contribution in [2.75, 3.05) is 11.9 Å². The second kappa shape index (κ2) is 6.17. The zero-order chi connectivity index (χ0) is 16.7. The standard InChI is InChI=1S/C19H22BrNO3/c20-15-2-1-3-16(7-15)21-17(22)11-24-18(23)19-8-12-4-13(9-19)6-14(5-12)10-19/h1-3,7,12-14H,4-6,8-11H2,(H,21,22). The van der Waals surface area contributed by atoms with Crippen molar-refractivity contribution < 1.29 is 14.3 Å². The first-order valence-corrected chi connectivity index (χ1v) is 9.54. The van der Waals surface area contributed by atoms with Crippen molar-refractivity contribution in [2.24, 2.45) is 23.2 Å². The molecular formula is C19H22BrNO3. The first kappa shape index (κ1) is 16.1. The molecule has 4 aliphatic rings. The monoisotopic (exact) mass is 391 g/mol. The van der Waals surface area contributed by atoms with Crippen molar-refractivity contribution in [3.05, 3.63) is 28.7 Å². The SMILES string of the molecule is O=C(COC(=O)C12CC3CC(CC(C3)C1)C2)Nc1cccc(Br)c1. The highest BCUT2D eigenvalue weighted by molar-refractivity contribution is 9.10. The van der Waals surface area contributed by atoms with Gasteiger partial charge in [-0.1, -0.05) is 22.0 Å². The Morgan fingerprint density at radius 1 is 1.12 bits per heavy atom. The van der Waals surface area contributed by atoms with Crippen molar-refractivity contribution in [3.63, 3.8) is 0 Å². The molecule has 0 atom stereocenters. The van der Waals surface area contributed by atoms with Crippen LogP contribution >= 0.6 is 15.9 Å². The number of benzene rings is 1. The molecule has 0 aliphatic heterocycles. The van der Waals surface area contributed by atoms with Crippen LogP contribution in [-0.2, 0) is 14.3 Å². The zero-order valence-electron chi connectivity index (χ0n) is 13.6. The van der Waals surface area contributed by atoms with Gasteiger partial charge in [-0.2, -0.15) is 0 Å². The van der Waals surface area contributed by atoms with E-state index in [0.717, 1.165) is 23.7 Å². The molecule has 128 valence electrons. The van der Waals surface area contributed by atoms with E-state index < -0.39 is 0 Å². The number of carbonyl (C=O) groups is 2. The molecule has 0 aromatic heterocycles. The number of carbonyl (C=O) groups excluding carboxylic acids is 2. The summed E-state index contributed by atoms with van der Waals surface area (Å²) >= 11 is 3.37. The summed E-state index contributed by atoms with van der Waals surface area (Å²) in [4.78, 5) is 24.7. The van der Waals surface area contributed by atoms with Gasteiger partial charge in [-0.15, -0.1) is 0 Å². The highest BCUT2D eigenvalue weighted by atomic mass is 79.9. The first-order chi connectivity index (χ1) is 11.5. The van der Waals surface area contributed by atoms with Gasteiger partial charge in [0, 0.05) is 10.2 Å². The molecule has 4 bridgehead atoms. The van der Waals surface area contributed by atoms with E-state index in [1.54, 1.807) is 0 Å². The average molecular weight is 392 g/mol. The maximum absolute atomic E-state index is 12.7. The van der Waals surface area contributed by atoms with E-state index in [1.807, 2.05) is 24.3 Å². The number of ether oxygens (including phenoxy) is 1. The molecule has 1 aromatic rings. The molecule has 5 heteroatoms. The molecule has 24 heavy (non-hydrogen) atoms. The van der Waals surface area contributed by atoms with E-state index in [9.17, 15) is 9.59 Å². The number of nitrogens with one attached hydrogen (secondary N) is 1. The van der Waals surface area contributed by atoms with E-state index in [2.05, 4.69) is 21.2 Å². The Morgan fingerprint density at radius 2 is 1.75 bits per heavy atom. The van der Waals surface area contributed by atoms with E-state index in [4.69, 9.17) is 4.74 Å². The zero-order valence-corrected chi connectivity index (χ0v) is 15.2. The van der Waals surface area contributed by atoms with Gasteiger partial charge in [-0.05, 0) is 74.5 Å². The fourth-order valence-corrected chi connectivity index (χ4v) is 5.81. The third kappa shape index (κ3) is 3.10. The Kier molecular flexibility index (Phi) is 4.15. The Morgan fingerprint density at radius 3 is 2.33 bits per heavy atom. The van der Waals surface area contributed by atoms with E-state index in [-0.39, 0.29) is 23.9 Å². The predicted molar refractivity (Wildman–Crippen MR) is 94.3 cm³/mol. The number of amides is 1. The maximum Gasteiger partial charge on any atom is 0.312 e. The van der Waals surface area contributed by atoms with E-state index >= 15 is 0 Å². The van der Waals surface area contributed by atoms with Crippen LogP contribution in [-0.4, -0.2) is 18.5 Å². The highest BCUT2D eigenvalue weighted by Crippen LogP contribution is 2.60. The van der Waals surface area contributed by atoms with Gasteiger partial charge in [0.15, 0.2) is 6.61 Å². The second-order valence-electron chi connectivity index (χ2n) is 7.83. The van der Waals surface area contributed by atoms with Gasteiger partial charge in [-0.3, -0.25) is 9.59 Å². The second-order valence-corrected chi connectivity index (χ2v) is 8.75. The van der Waals surface area contributed by atoms with Crippen molar-refractivity contribution in [2.45, 2.75) is 38.5 Å². The minimum atomic E-state index is -0.301. The molecule has 0 heterocycles. The molecule has 1 aromatic carbocycles. The van der Waals surface area contributed by atoms with Crippen LogP contribution in [0.2, 0.25) is 0 Å². The molecule has 1 amide bonds. The van der Waals surface area contributed by atoms with Crippen molar-refractivity contribution >= 4 is 33.5 Å². The lowest BCUT2D eigenvalue weighted by molar-refractivity contribution is -0.172. The van der Waals surface area contributed by atoms with Crippen LogP contribution in [0.1, 0.15) is 38.5 Å². The minimum Gasteiger partial charge on any atom is -0.455 e. The Hall–Kier alpha value is -1.36. The van der Waals surface area contributed by atoms with Crippen LogP contribution < -0.4 is 5.32 Å². The summed E-state index contributed by atoms with van der Waals surface area (Å²) in [6, 6.07) is 7.37. The van der Waals surface area contributed by atoms with Crippen LogP contribution in [0.15, 0.2) is 28.7 Å². The molecule has 1 N–H and O–H groups in total. The number of halogens is 1. The quantitative estimate of drug-likeness (QED) is 0.784. The number of rotatable bonds is 4. The van der Waals surface area contributed by atoms with Gasteiger partial charge in [0.05, 0.1) is 5.41 Å². The molecule has 4 saturated carbocycles. The van der Waals surface area contributed by atoms with Crippen LogP contribution in [0, 0.1) is 23.2 Å². The number of hydrogen-bond acceptors (Lipinski definition) is 3. The number of hydrogen-bond donors (Lipinski definition) is 1. The van der Waals surface area contributed by atoms with Crippen molar-refractivity contribution in [1.29, 1.82) is 0 Å². The third-order valence-corrected chi connectivity index (χ3v) is 6.41. The van der Waals surface area contributed by atoms with Gasteiger partial charge in [0.1, 0.15) is 0 Å². The summed E-state index contributed by atoms with van der Waals surface area (Å²) in [6.45, 7) is -0.201. The number of anilines is 1. The Labute approximate surface area is 150 Å². The molecule has 0 spiro atoms. The predicted octanol–water partition coefficient (Wildman–Crippen LogP) is 4.15. The third-order valence-electron chi connectivity index (χ3n) is 5.91. The van der Waals surface area contributed by atoms with E-state index in [0.29, 0.717) is 23.4 Å². The van der Waals surface area contributed by atoms with Crippen LogP contribution in [0.3, 0.4) is 0 Å². The lowest BCUT2D eigenvalue weighted by Gasteiger charge is -2.55. The molecular weight excluding hydrogens is 370 g/mol. The molecule has 0 unspecified atom stereocenters. The molecule has 4 nitrogen and oxygen atoms in total. The summed E-state index contributed by atoms with van der Waals surface area (Å²) in [7, 11) is 0. The van der Waals surface area contributed by atoms with Crippen LogP contribution in [0.4, 0.5) is 5.69 Å². The minimum absolute atomic E-state index is 0.147. The van der Waals surface area contributed by atoms with Crippen molar-refractivity contribution in [1.82, 2.24) is 0 Å². The normalized spacial score (nSPS) is 33.3. The Bertz CT molecular complexity index is 637. The van der Waals surface area contributed by atoms with Gasteiger partial charge in [0.25, 0.3) is 5.91 Å². The summed E-state index contributed by atoms with van der Waals surface area (Å²) in [6.07, 6.45) is 6.75. The van der Waals surface area contributed by atoms with E-state index in [1.165, 1.54) is 19.3 Å². The van der Waals surface area contributed by atoms with Gasteiger partial charge >= 0.3 is 5.97 Å². The largest absolute Gasteiger partial charge is 0.455 e. The van der Waals surface area contributed by atoms with Gasteiger partial charge in [0.2, 0.25) is 0 Å². The maximum atomic E-state index is 12.7. The molecule has 4 aliphatic carbocycles. The lowest BCUT2D eigenvalue weighted by Crippen LogP contribution is -2.50. The van der Waals surface area contributed by atoms with Crippen LogP contribution in [0.25, 0.3) is 0 Å². The first-order valence-electron chi connectivity index (χ1n) is 8.75. The average Bonchev–Trinajstić information content (AvgIpc) is 2.51. The molecule has 0 saturated heterocycles. The van der Waals surface area contributed by atoms with Gasteiger partial charge < -0.3 is 10.1 Å². The van der Waals surface area contributed by atoms with Crippen molar-refractivity contribution in [3.8, 4) is 0 Å². The fraction of sp³-hybridized carbons (Fsp3) is 0.579. The smallest absolute Gasteiger partial charge is 0.312 e. The summed E-state index contributed by atoms with van der Waals surface area (Å²) in [5, 5.41) is 2.77. The topological polar surface area (TPSA) is 55.4 Å². The summed E-state index contributed by atoms with van der Waals surface area (Å²) in [5.74, 6) is 1.65. The Balaban J connectivity index is 1.34. The fourth-order valence-electron chi connectivity index (χ4n) is 5.41. The van der Waals surface area contributed by atoms with Crippen LogP contribution in [0.5, 0.6) is 0 Å². The molecule has 4 fully saturated rings. The summed E-state index contributed by atoms with van der Waals surface area (Å²) < 4.78 is 6.32. The highest BCUT2D eigenvalue weighted by Gasteiger charge is 2.55. The summed E-state index contributed by atoms with van der Waals surface area (Å²) in [5.41, 5.74) is 0.394. The number of esters is 1. The molecule has 5 rings (SSSR count). The lowest BCUT2D eigenvalue weighted by atomic mass is 9.49. The molecule has 0 radical (unpaired) electrons. The van der Waals surface area contributed by atoms with Gasteiger partial charge in [-0.25, -0.2) is 0 Å².